The number of aromatic nitrogens is 2. The molecule has 0 bridgehead atoms. The lowest BCUT2D eigenvalue weighted by molar-refractivity contribution is 0.174. The number of aryl methyl sites for hydroxylation is 1. The largest absolute Gasteiger partial charge is 0.387 e. The number of aromatic amines is 1. The molecule has 1 heterocycles. The lowest BCUT2D eigenvalue weighted by Crippen LogP contribution is -2.21. The van der Waals surface area contributed by atoms with E-state index in [1.54, 1.807) is 6.20 Å². The van der Waals surface area contributed by atoms with Crippen LogP contribution in [-0.2, 0) is 6.54 Å². The van der Waals surface area contributed by atoms with Gasteiger partial charge in [0, 0.05) is 25.0 Å². The number of nitrogens with zero attached hydrogens (tertiary/aromatic N) is 1. The van der Waals surface area contributed by atoms with Crippen LogP contribution >= 0.6 is 0 Å². The van der Waals surface area contributed by atoms with E-state index in [9.17, 15) is 5.11 Å². The van der Waals surface area contributed by atoms with Gasteiger partial charge in [0.15, 0.2) is 0 Å². The van der Waals surface area contributed by atoms with Crippen LogP contribution in [0, 0.1) is 6.92 Å². The molecule has 0 amide bonds. The van der Waals surface area contributed by atoms with Crippen molar-refractivity contribution in [1.29, 1.82) is 0 Å². The summed E-state index contributed by atoms with van der Waals surface area (Å²) < 4.78 is 0. The summed E-state index contributed by atoms with van der Waals surface area (Å²) in [5.41, 5.74) is 1.96. The molecule has 0 radical (unpaired) electrons. The summed E-state index contributed by atoms with van der Waals surface area (Å²) in [4.78, 5) is 7.25. The minimum absolute atomic E-state index is 0.472. The van der Waals surface area contributed by atoms with E-state index in [-0.39, 0.29) is 0 Å². The highest BCUT2D eigenvalue weighted by Gasteiger charge is 2.06. The second kappa shape index (κ2) is 5.61. The van der Waals surface area contributed by atoms with E-state index >= 15 is 0 Å². The lowest BCUT2D eigenvalue weighted by Gasteiger charge is -2.11. The monoisotopic (exact) mass is 231 g/mol. The summed E-state index contributed by atoms with van der Waals surface area (Å²) in [6, 6.07) is 9.64. The molecule has 0 spiro atoms. The van der Waals surface area contributed by atoms with Crippen molar-refractivity contribution >= 4 is 0 Å². The summed E-state index contributed by atoms with van der Waals surface area (Å²) in [5.74, 6) is 0.908. The lowest BCUT2D eigenvalue weighted by atomic mass is 10.1. The van der Waals surface area contributed by atoms with Crippen molar-refractivity contribution in [1.82, 2.24) is 15.3 Å². The Morgan fingerprint density at radius 1 is 1.35 bits per heavy atom. The van der Waals surface area contributed by atoms with Gasteiger partial charge in [0.25, 0.3) is 0 Å². The minimum Gasteiger partial charge on any atom is -0.387 e. The number of nitrogens with one attached hydrogen (secondary N) is 2. The maximum atomic E-state index is 9.92. The number of H-pyrrole nitrogens is 1. The molecular formula is C13H17N3O. The molecule has 4 heteroatoms. The number of benzene rings is 1. The van der Waals surface area contributed by atoms with E-state index in [2.05, 4.69) is 15.3 Å². The Kier molecular flexibility index (Phi) is 3.90. The van der Waals surface area contributed by atoms with Gasteiger partial charge in [-0.1, -0.05) is 30.3 Å². The zero-order valence-corrected chi connectivity index (χ0v) is 9.85. The predicted molar refractivity (Wildman–Crippen MR) is 66.4 cm³/mol. The summed E-state index contributed by atoms with van der Waals surface area (Å²) in [7, 11) is 0. The third kappa shape index (κ3) is 3.41. The first-order valence-electron chi connectivity index (χ1n) is 5.70. The first-order valence-corrected chi connectivity index (χ1v) is 5.70. The molecular weight excluding hydrogens is 214 g/mol. The van der Waals surface area contributed by atoms with Crippen molar-refractivity contribution < 1.29 is 5.11 Å². The SMILES string of the molecule is Cc1ncc(CNCC(O)c2ccccc2)[nH]1. The van der Waals surface area contributed by atoms with E-state index < -0.39 is 6.10 Å². The maximum Gasteiger partial charge on any atom is 0.103 e. The molecule has 17 heavy (non-hydrogen) atoms. The van der Waals surface area contributed by atoms with Crippen LogP contribution in [0.2, 0.25) is 0 Å². The van der Waals surface area contributed by atoms with Gasteiger partial charge in [-0.05, 0) is 12.5 Å². The highest BCUT2D eigenvalue weighted by Crippen LogP contribution is 2.10. The first-order chi connectivity index (χ1) is 8.25. The molecule has 0 saturated heterocycles. The molecule has 0 aliphatic heterocycles. The summed E-state index contributed by atoms with van der Waals surface area (Å²) in [5, 5.41) is 13.1. The van der Waals surface area contributed by atoms with E-state index in [1.807, 2.05) is 37.3 Å². The van der Waals surface area contributed by atoms with Crippen molar-refractivity contribution in [3.8, 4) is 0 Å². The van der Waals surface area contributed by atoms with Gasteiger partial charge in [-0.15, -0.1) is 0 Å². The molecule has 4 nitrogen and oxygen atoms in total. The van der Waals surface area contributed by atoms with Gasteiger partial charge in [-0.2, -0.15) is 0 Å². The Morgan fingerprint density at radius 2 is 2.12 bits per heavy atom. The predicted octanol–water partition coefficient (Wildman–Crippen LogP) is 1.54. The normalized spacial score (nSPS) is 12.6. The zero-order valence-electron chi connectivity index (χ0n) is 9.85. The molecule has 1 aromatic carbocycles. The molecule has 1 atom stereocenters. The van der Waals surface area contributed by atoms with Gasteiger partial charge < -0.3 is 15.4 Å². The van der Waals surface area contributed by atoms with Crippen LogP contribution < -0.4 is 5.32 Å². The summed E-state index contributed by atoms with van der Waals surface area (Å²) in [6.07, 6.45) is 1.33. The van der Waals surface area contributed by atoms with Crippen molar-refractivity contribution in [3.05, 3.63) is 53.6 Å². The molecule has 2 rings (SSSR count). The number of aliphatic hydroxyl groups excluding tert-OH is 1. The quantitative estimate of drug-likeness (QED) is 0.731. The van der Waals surface area contributed by atoms with Crippen LogP contribution in [0.25, 0.3) is 0 Å². The Balaban J connectivity index is 1.79. The van der Waals surface area contributed by atoms with Gasteiger partial charge >= 0.3 is 0 Å². The van der Waals surface area contributed by atoms with Crippen molar-refractivity contribution in [3.63, 3.8) is 0 Å². The number of aliphatic hydroxyl groups is 1. The Labute approximate surface area is 101 Å². The average Bonchev–Trinajstić information content (AvgIpc) is 2.76. The molecule has 1 unspecified atom stereocenters. The molecule has 0 fully saturated rings. The van der Waals surface area contributed by atoms with Crippen molar-refractivity contribution in [2.45, 2.75) is 19.6 Å². The Bertz CT molecular complexity index is 453. The molecule has 3 N–H and O–H groups in total. The number of hydrogen-bond donors (Lipinski definition) is 3. The fraction of sp³-hybridized carbons (Fsp3) is 0.308. The van der Waals surface area contributed by atoms with Crippen LogP contribution in [0.1, 0.15) is 23.2 Å². The van der Waals surface area contributed by atoms with Gasteiger partial charge in [-0.3, -0.25) is 0 Å². The molecule has 0 aliphatic rings. The van der Waals surface area contributed by atoms with E-state index in [0.29, 0.717) is 13.1 Å². The van der Waals surface area contributed by atoms with Gasteiger partial charge in [-0.25, -0.2) is 4.98 Å². The molecule has 2 aromatic rings. The fourth-order valence-corrected chi connectivity index (χ4v) is 1.70. The van der Waals surface area contributed by atoms with Crippen molar-refractivity contribution in [2.24, 2.45) is 0 Å². The smallest absolute Gasteiger partial charge is 0.103 e. The van der Waals surface area contributed by atoms with E-state index in [4.69, 9.17) is 0 Å². The van der Waals surface area contributed by atoms with Crippen LogP contribution in [0.3, 0.4) is 0 Å². The topological polar surface area (TPSA) is 60.9 Å². The Hall–Kier alpha value is -1.65. The van der Waals surface area contributed by atoms with Gasteiger partial charge in [0.1, 0.15) is 5.82 Å². The number of imidazole rings is 1. The van der Waals surface area contributed by atoms with E-state index in [1.165, 1.54) is 0 Å². The van der Waals surface area contributed by atoms with Crippen LogP contribution in [-0.4, -0.2) is 21.6 Å². The number of hydrogen-bond acceptors (Lipinski definition) is 3. The van der Waals surface area contributed by atoms with Gasteiger partial charge in [0.2, 0.25) is 0 Å². The first kappa shape index (κ1) is 11.8. The third-order valence-electron chi connectivity index (χ3n) is 2.59. The molecule has 1 aromatic heterocycles. The summed E-state index contributed by atoms with van der Waals surface area (Å²) >= 11 is 0. The highest BCUT2D eigenvalue weighted by atomic mass is 16.3. The van der Waals surface area contributed by atoms with Crippen LogP contribution in [0.15, 0.2) is 36.5 Å². The molecule has 90 valence electrons. The molecule has 0 aliphatic carbocycles. The Morgan fingerprint density at radius 3 is 2.76 bits per heavy atom. The maximum absolute atomic E-state index is 9.92. The second-order valence-electron chi connectivity index (χ2n) is 4.05. The standard InChI is InChI=1S/C13H17N3O/c1-10-15-8-12(16-10)7-14-9-13(17)11-5-3-2-4-6-11/h2-6,8,13-14,17H,7,9H2,1H3,(H,15,16). The van der Waals surface area contributed by atoms with Crippen LogP contribution in [0.4, 0.5) is 0 Å². The minimum atomic E-state index is -0.472. The number of rotatable bonds is 5. The van der Waals surface area contributed by atoms with Crippen molar-refractivity contribution in [2.75, 3.05) is 6.54 Å². The third-order valence-corrected chi connectivity index (χ3v) is 2.59. The second-order valence-corrected chi connectivity index (χ2v) is 4.05. The fourth-order valence-electron chi connectivity index (χ4n) is 1.70. The molecule has 0 saturated carbocycles. The summed E-state index contributed by atoms with van der Waals surface area (Å²) in [6.45, 7) is 3.13. The van der Waals surface area contributed by atoms with Gasteiger partial charge in [0.05, 0.1) is 6.10 Å². The highest BCUT2D eigenvalue weighted by molar-refractivity contribution is 5.17. The zero-order chi connectivity index (χ0) is 12.1. The van der Waals surface area contributed by atoms with E-state index in [0.717, 1.165) is 17.1 Å². The van der Waals surface area contributed by atoms with Crippen LogP contribution in [0.5, 0.6) is 0 Å². The average molecular weight is 231 g/mol.